The van der Waals surface area contributed by atoms with E-state index in [2.05, 4.69) is 5.32 Å². The monoisotopic (exact) mass is 275 g/mol. The molecule has 0 aliphatic carbocycles. The second-order valence-corrected chi connectivity index (χ2v) is 4.04. The normalized spacial score (nSPS) is 10.1. The molecule has 2 aromatic carbocycles. The zero-order valence-corrected chi connectivity index (χ0v) is 10.6. The van der Waals surface area contributed by atoms with Crippen LogP contribution in [0.1, 0.15) is 10.4 Å². The minimum Gasteiger partial charge on any atom is -0.508 e. The summed E-state index contributed by atoms with van der Waals surface area (Å²) in [5.74, 6) is -0.829. The molecule has 6 nitrogen and oxygen atoms in total. The first-order valence-electron chi connectivity index (χ1n) is 5.71. The van der Waals surface area contributed by atoms with E-state index in [0.717, 1.165) is 6.07 Å². The molecule has 0 bridgehead atoms. The van der Waals surface area contributed by atoms with Crippen molar-refractivity contribution in [2.45, 2.75) is 0 Å². The quantitative estimate of drug-likeness (QED) is 0.643. The van der Waals surface area contributed by atoms with Gasteiger partial charge >= 0.3 is 0 Å². The summed E-state index contributed by atoms with van der Waals surface area (Å²) in [6, 6.07) is 8.00. The van der Waals surface area contributed by atoms with Gasteiger partial charge in [-0.3, -0.25) is 4.79 Å². The fourth-order valence-electron chi connectivity index (χ4n) is 1.67. The van der Waals surface area contributed by atoms with E-state index in [1.807, 2.05) is 0 Å². The number of methoxy groups -OCH3 is 1. The van der Waals surface area contributed by atoms with Crippen molar-refractivity contribution < 1.29 is 24.9 Å². The smallest absolute Gasteiger partial charge is 0.259 e. The van der Waals surface area contributed by atoms with Crippen molar-refractivity contribution in [1.29, 1.82) is 0 Å². The number of amides is 1. The van der Waals surface area contributed by atoms with Gasteiger partial charge in [0.05, 0.1) is 12.7 Å². The highest BCUT2D eigenvalue weighted by molar-refractivity contribution is 6.06. The number of carbonyl (C=O) groups excluding carboxylic acids is 1. The fraction of sp³-hybridized carbons (Fsp3) is 0.0714. The Kier molecular flexibility index (Phi) is 3.65. The summed E-state index contributed by atoms with van der Waals surface area (Å²) in [5, 5.41) is 30.8. The molecular formula is C14H13NO5. The van der Waals surface area contributed by atoms with E-state index in [1.165, 1.54) is 37.4 Å². The van der Waals surface area contributed by atoms with E-state index in [0.29, 0.717) is 5.69 Å². The number of benzene rings is 2. The standard InChI is InChI=1S/C14H13NO5/c1-20-13-6-8(2-5-11(13)17)15-14(19)10-4-3-9(16)7-12(10)18/h2-7,16-18H,1H3,(H,15,19). The van der Waals surface area contributed by atoms with E-state index in [1.54, 1.807) is 0 Å². The van der Waals surface area contributed by atoms with Crippen LogP contribution in [0, 0.1) is 0 Å². The van der Waals surface area contributed by atoms with Crippen LogP contribution in [-0.4, -0.2) is 28.3 Å². The molecule has 0 aliphatic heterocycles. The fourth-order valence-corrected chi connectivity index (χ4v) is 1.67. The number of hydrogen-bond acceptors (Lipinski definition) is 5. The maximum Gasteiger partial charge on any atom is 0.259 e. The predicted octanol–water partition coefficient (Wildman–Crippen LogP) is 2.06. The average molecular weight is 275 g/mol. The SMILES string of the molecule is COc1cc(NC(=O)c2ccc(O)cc2O)ccc1O. The molecule has 0 saturated heterocycles. The second kappa shape index (κ2) is 5.40. The largest absolute Gasteiger partial charge is 0.508 e. The van der Waals surface area contributed by atoms with Crippen LogP contribution in [0.4, 0.5) is 5.69 Å². The third-order valence-electron chi connectivity index (χ3n) is 2.66. The predicted molar refractivity (Wildman–Crippen MR) is 72.4 cm³/mol. The number of rotatable bonds is 3. The van der Waals surface area contributed by atoms with Gasteiger partial charge in [0.25, 0.3) is 5.91 Å². The molecule has 2 aromatic rings. The summed E-state index contributed by atoms with van der Waals surface area (Å²) in [4.78, 5) is 12.0. The number of hydrogen-bond donors (Lipinski definition) is 4. The van der Waals surface area contributed by atoms with Gasteiger partial charge in [-0.15, -0.1) is 0 Å². The van der Waals surface area contributed by atoms with Gasteiger partial charge < -0.3 is 25.4 Å². The van der Waals surface area contributed by atoms with Gasteiger partial charge in [-0.25, -0.2) is 0 Å². The van der Waals surface area contributed by atoms with E-state index in [9.17, 15) is 20.1 Å². The molecule has 0 aliphatic rings. The molecule has 0 atom stereocenters. The number of ether oxygens (including phenoxy) is 1. The first-order valence-corrected chi connectivity index (χ1v) is 5.71. The zero-order valence-electron chi connectivity index (χ0n) is 10.6. The van der Waals surface area contributed by atoms with Crippen LogP contribution in [0.3, 0.4) is 0 Å². The summed E-state index contributed by atoms with van der Waals surface area (Å²) >= 11 is 0. The molecule has 0 radical (unpaired) electrons. The van der Waals surface area contributed by atoms with Gasteiger partial charge in [0.2, 0.25) is 0 Å². The molecule has 1 amide bonds. The van der Waals surface area contributed by atoms with Crippen molar-refractivity contribution in [1.82, 2.24) is 0 Å². The Hall–Kier alpha value is -2.89. The maximum atomic E-state index is 12.0. The lowest BCUT2D eigenvalue weighted by atomic mass is 10.1. The lowest BCUT2D eigenvalue weighted by Gasteiger charge is -2.09. The first kappa shape index (κ1) is 13.5. The lowest BCUT2D eigenvalue weighted by Crippen LogP contribution is -2.12. The lowest BCUT2D eigenvalue weighted by molar-refractivity contribution is 0.102. The number of anilines is 1. The molecular weight excluding hydrogens is 262 g/mol. The Morgan fingerprint density at radius 2 is 1.80 bits per heavy atom. The van der Waals surface area contributed by atoms with Crippen LogP contribution in [-0.2, 0) is 0 Å². The Morgan fingerprint density at radius 3 is 2.45 bits per heavy atom. The van der Waals surface area contributed by atoms with Crippen LogP contribution >= 0.6 is 0 Å². The molecule has 20 heavy (non-hydrogen) atoms. The summed E-state index contributed by atoms with van der Waals surface area (Å²) in [7, 11) is 1.40. The Balaban J connectivity index is 2.23. The van der Waals surface area contributed by atoms with Crippen LogP contribution in [0.25, 0.3) is 0 Å². The molecule has 6 heteroatoms. The highest BCUT2D eigenvalue weighted by Gasteiger charge is 2.13. The van der Waals surface area contributed by atoms with E-state index in [4.69, 9.17) is 4.74 Å². The van der Waals surface area contributed by atoms with E-state index in [-0.39, 0.29) is 28.6 Å². The minimum atomic E-state index is -0.546. The van der Waals surface area contributed by atoms with Crippen LogP contribution in [0.5, 0.6) is 23.0 Å². The highest BCUT2D eigenvalue weighted by Crippen LogP contribution is 2.29. The Morgan fingerprint density at radius 1 is 1.05 bits per heavy atom. The molecule has 0 aromatic heterocycles. The summed E-state index contributed by atoms with van der Waals surface area (Å²) < 4.78 is 4.93. The molecule has 2 rings (SSSR count). The third kappa shape index (κ3) is 2.74. The Bertz CT molecular complexity index is 654. The third-order valence-corrected chi connectivity index (χ3v) is 2.66. The molecule has 4 N–H and O–H groups in total. The van der Waals surface area contributed by atoms with Crippen molar-refractivity contribution in [3.8, 4) is 23.0 Å². The molecule has 104 valence electrons. The summed E-state index contributed by atoms with van der Waals surface area (Å²) in [6.07, 6.45) is 0. The maximum absolute atomic E-state index is 12.0. The van der Waals surface area contributed by atoms with Crippen LogP contribution < -0.4 is 10.1 Å². The van der Waals surface area contributed by atoms with Gasteiger partial charge in [0.1, 0.15) is 11.5 Å². The average Bonchev–Trinajstić information content (AvgIpc) is 2.40. The molecule has 0 saturated carbocycles. The summed E-state index contributed by atoms with van der Waals surface area (Å²) in [6.45, 7) is 0. The number of phenols is 3. The first-order chi connectivity index (χ1) is 9.51. The van der Waals surface area contributed by atoms with Gasteiger partial charge in [0, 0.05) is 17.8 Å². The highest BCUT2D eigenvalue weighted by atomic mass is 16.5. The van der Waals surface area contributed by atoms with Crippen molar-refractivity contribution in [3.63, 3.8) is 0 Å². The number of aromatic hydroxyl groups is 3. The molecule has 0 fully saturated rings. The van der Waals surface area contributed by atoms with Crippen molar-refractivity contribution in [2.24, 2.45) is 0 Å². The number of phenolic OH excluding ortho intramolecular Hbond substituents is 3. The van der Waals surface area contributed by atoms with Crippen molar-refractivity contribution in [3.05, 3.63) is 42.0 Å². The second-order valence-electron chi connectivity index (χ2n) is 4.04. The van der Waals surface area contributed by atoms with Gasteiger partial charge in [-0.05, 0) is 24.3 Å². The molecule has 0 unspecified atom stereocenters. The zero-order chi connectivity index (χ0) is 14.7. The summed E-state index contributed by atoms with van der Waals surface area (Å²) in [5.41, 5.74) is 0.423. The molecule has 0 heterocycles. The Labute approximate surface area is 114 Å². The van der Waals surface area contributed by atoms with Crippen molar-refractivity contribution in [2.75, 3.05) is 12.4 Å². The van der Waals surface area contributed by atoms with Gasteiger partial charge in [0.15, 0.2) is 11.5 Å². The molecule has 0 spiro atoms. The minimum absolute atomic E-state index is 0.0230. The van der Waals surface area contributed by atoms with Gasteiger partial charge in [-0.1, -0.05) is 0 Å². The number of carbonyl (C=O) groups is 1. The van der Waals surface area contributed by atoms with Crippen LogP contribution in [0.15, 0.2) is 36.4 Å². The van der Waals surface area contributed by atoms with Crippen LogP contribution in [0.2, 0.25) is 0 Å². The topological polar surface area (TPSA) is 99.0 Å². The van der Waals surface area contributed by atoms with Gasteiger partial charge in [-0.2, -0.15) is 0 Å². The number of nitrogens with one attached hydrogen (secondary N) is 1. The van der Waals surface area contributed by atoms with Crippen molar-refractivity contribution >= 4 is 11.6 Å². The van der Waals surface area contributed by atoms with E-state index < -0.39 is 5.91 Å². The van der Waals surface area contributed by atoms with E-state index >= 15 is 0 Å².